The van der Waals surface area contributed by atoms with Gasteiger partial charge in [-0.2, -0.15) is 0 Å². The molecule has 0 aromatic heterocycles. The number of phosphoric ester groups is 1. The topological polar surface area (TPSA) is 105 Å². The average Bonchev–Trinajstić information content (AvgIpc) is 3.15. The van der Waals surface area contributed by atoms with Crippen molar-refractivity contribution in [1.82, 2.24) is 5.32 Å². The number of carbonyl (C=O) groups is 1. The van der Waals surface area contributed by atoms with Crippen LogP contribution in [0.3, 0.4) is 0 Å². The highest BCUT2D eigenvalue weighted by Gasteiger charge is 2.28. The molecule has 0 spiro atoms. The molecule has 0 heterocycles. The molecule has 8 nitrogen and oxygen atoms in total. The lowest BCUT2D eigenvalue weighted by atomic mass is 10.0. The smallest absolute Gasteiger partial charge is 0.391 e. The van der Waals surface area contributed by atoms with Crippen LogP contribution < -0.4 is 5.32 Å². The fourth-order valence-electron chi connectivity index (χ4n) is 7.16. The van der Waals surface area contributed by atoms with Crippen LogP contribution in [0.25, 0.3) is 0 Å². The number of aliphatic hydroxyl groups excluding tert-OH is 1. The zero-order valence-electron chi connectivity index (χ0n) is 37.9. The van der Waals surface area contributed by atoms with Gasteiger partial charge in [-0.15, -0.1) is 0 Å². The molecular formula is C47H96N2O6P+. The molecule has 0 saturated carbocycles. The van der Waals surface area contributed by atoms with Gasteiger partial charge in [-0.25, -0.2) is 4.57 Å². The first-order chi connectivity index (χ1) is 27.0. The second-order valence-electron chi connectivity index (χ2n) is 17.8. The van der Waals surface area contributed by atoms with Crippen molar-refractivity contribution in [3.8, 4) is 0 Å². The summed E-state index contributed by atoms with van der Waals surface area (Å²) < 4.78 is 23.6. The predicted molar refractivity (Wildman–Crippen MR) is 240 cm³/mol. The van der Waals surface area contributed by atoms with E-state index in [4.69, 9.17) is 9.05 Å². The van der Waals surface area contributed by atoms with Crippen molar-refractivity contribution < 1.29 is 32.9 Å². The number of amides is 1. The molecule has 0 aliphatic heterocycles. The molecule has 0 bridgehead atoms. The van der Waals surface area contributed by atoms with Crippen LogP contribution in [0.4, 0.5) is 0 Å². The summed E-state index contributed by atoms with van der Waals surface area (Å²) in [6.07, 6.45) is 45.3. The van der Waals surface area contributed by atoms with E-state index in [1.54, 1.807) is 0 Å². The predicted octanol–water partition coefficient (Wildman–Crippen LogP) is 13.5. The van der Waals surface area contributed by atoms with Gasteiger partial charge in [0.2, 0.25) is 5.91 Å². The lowest BCUT2D eigenvalue weighted by Gasteiger charge is -2.26. The van der Waals surface area contributed by atoms with E-state index in [1.165, 1.54) is 161 Å². The number of carbonyl (C=O) groups excluding carboxylic acids is 1. The molecule has 9 heteroatoms. The van der Waals surface area contributed by atoms with Crippen molar-refractivity contribution in [2.75, 3.05) is 40.9 Å². The van der Waals surface area contributed by atoms with Crippen LogP contribution in [0, 0.1) is 0 Å². The van der Waals surface area contributed by atoms with E-state index in [2.05, 4.69) is 31.3 Å². The van der Waals surface area contributed by atoms with Gasteiger partial charge in [0.15, 0.2) is 0 Å². The van der Waals surface area contributed by atoms with Gasteiger partial charge in [0.1, 0.15) is 13.2 Å². The largest absolute Gasteiger partial charge is 0.472 e. The van der Waals surface area contributed by atoms with Crippen molar-refractivity contribution >= 4 is 13.7 Å². The Hall–Kier alpha value is -0.760. The lowest BCUT2D eigenvalue weighted by molar-refractivity contribution is -0.870. The molecule has 56 heavy (non-hydrogen) atoms. The van der Waals surface area contributed by atoms with Crippen LogP contribution in [0.15, 0.2) is 12.2 Å². The molecule has 3 atom stereocenters. The summed E-state index contributed by atoms with van der Waals surface area (Å²) in [6.45, 7) is 4.88. The highest BCUT2D eigenvalue weighted by Crippen LogP contribution is 2.43. The number of phosphoric acid groups is 1. The van der Waals surface area contributed by atoms with Crippen LogP contribution in [0.5, 0.6) is 0 Å². The molecule has 0 radical (unpaired) electrons. The number of quaternary nitrogens is 1. The molecule has 0 aliphatic rings. The number of nitrogens with one attached hydrogen (secondary N) is 1. The number of rotatable bonds is 44. The summed E-state index contributed by atoms with van der Waals surface area (Å²) in [6, 6.07) is -0.771. The van der Waals surface area contributed by atoms with Crippen LogP contribution in [0.2, 0.25) is 0 Å². The monoisotopic (exact) mass is 816 g/mol. The van der Waals surface area contributed by atoms with Gasteiger partial charge in [-0.1, -0.05) is 199 Å². The standard InChI is InChI=1S/C47H95N2O6P/c1-6-8-10-12-14-16-18-20-22-23-24-25-26-27-29-31-33-35-37-39-41-47(51)48-45(44-55-56(52,53)54-43-42-49(3,4)5)46(50)40-38-36-34-32-30-28-21-19-17-15-13-11-9-7-2/h30,32,45-46,50H,6-29,31,33-44H2,1-5H3,(H-,48,51,52,53)/p+1/b32-30+/t45-,46+/m0/s1. The van der Waals surface area contributed by atoms with Crippen molar-refractivity contribution in [1.29, 1.82) is 0 Å². The Morgan fingerprint density at radius 1 is 0.589 bits per heavy atom. The first-order valence-corrected chi connectivity index (χ1v) is 25.5. The third-order valence-electron chi connectivity index (χ3n) is 11.0. The summed E-state index contributed by atoms with van der Waals surface area (Å²) in [5.41, 5.74) is 0. The normalized spacial score (nSPS) is 14.3. The fourth-order valence-corrected chi connectivity index (χ4v) is 7.89. The number of hydrogen-bond acceptors (Lipinski definition) is 5. The quantitative estimate of drug-likeness (QED) is 0.0245. The molecular weight excluding hydrogens is 719 g/mol. The second kappa shape index (κ2) is 39.7. The highest BCUT2D eigenvalue weighted by atomic mass is 31.2. The molecule has 0 fully saturated rings. The third kappa shape index (κ3) is 41.4. The van der Waals surface area contributed by atoms with E-state index in [-0.39, 0.29) is 19.1 Å². The molecule has 1 unspecified atom stereocenters. The summed E-state index contributed by atoms with van der Waals surface area (Å²) >= 11 is 0. The Kier molecular flexibility index (Phi) is 39.1. The summed E-state index contributed by atoms with van der Waals surface area (Å²) in [5, 5.41) is 14.0. The van der Waals surface area contributed by atoms with Gasteiger partial charge in [0.05, 0.1) is 39.9 Å². The van der Waals surface area contributed by atoms with Crippen molar-refractivity contribution in [2.24, 2.45) is 0 Å². The minimum Gasteiger partial charge on any atom is -0.391 e. The molecule has 0 aromatic rings. The van der Waals surface area contributed by atoms with Gasteiger partial charge < -0.3 is 19.8 Å². The first kappa shape index (κ1) is 55.2. The van der Waals surface area contributed by atoms with Crippen LogP contribution in [0.1, 0.15) is 232 Å². The van der Waals surface area contributed by atoms with E-state index in [0.717, 1.165) is 44.9 Å². The average molecular weight is 816 g/mol. The fraction of sp³-hybridized carbons (Fsp3) is 0.936. The van der Waals surface area contributed by atoms with Crippen LogP contribution >= 0.6 is 7.82 Å². The third-order valence-corrected chi connectivity index (χ3v) is 12.0. The maximum atomic E-state index is 12.9. The van der Waals surface area contributed by atoms with Gasteiger partial charge in [-0.05, 0) is 38.5 Å². The number of nitrogens with zero attached hydrogens (tertiary/aromatic N) is 1. The Morgan fingerprint density at radius 3 is 1.38 bits per heavy atom. The van der Waals surface area contributed by atoms with E-state index >= 15 is 0 Å². The number of allylic oxidation sites excluding steroid dienone is 2. The van der Waals surface area contributed by atoms with E-state index in [9.17, 15) is 19.4 Å². The number of hydrogen-bond donors (Lipinski definition) is 3. The van der Waals surface area contributed by atoms with Crippen molar-refractivity contribution in [3.63, 3.8) is 0 Å². The van der Waals surface area contributed by atoms with Crippen molar-refractivity contribution in [3.05, 3.63) is 12.2 Å². The molecule has 0 aliphatic carbocycles. The summed E-state index contributed by atoms with van der Waals surface area (Å²) in [4.78, 5) is 23.2. The van der Waals surface area contributed by atoms with Crippen LogP contribution in [-0.2, 0) is 18.4 Å². The Labute approximate surface area is 348 Å². The zero-order chi connectivity index (χ0) is 41.4. The number of unbranched alkanes of at least 4 members (excludes halogenated alkanes) is 29. The van der Waals surface area contributed by atoms with Gasteiger partial charge >= 0.3 is 7.82 Å². The lowest BCUT2D eigenvalue weighted by Crippen LogP contribution is -2.46. The molecule has 0 rings (SSSR count). The van der Waals surface area contributed by atoms with Gasteiger partial charge in [0.25, 0.3) is 0 Å². The van der Waals surface area contributed by atoms with Crippen molar-refractivity contribution in [2.45, 2.75) is 244 Å². The van der Waals surface area contributed by atoms with E-state index in [1.807, 2.05) is 21.1 Å². The molecule has 0 saturated heterocycles. The zero-order valence-corrected chi connectivity index (χ0v) is 38.8. The Balaban J connectivity index is 4.28. The molecule has 334 valence electrons. The SMILES string of the molecule is CCCCCCCCCC/C=C/CCCC[C@@H](O)[C@H](COP(=O)(O)OCC[N+](C)(C)C)NC(=O)CCCCCCCCCCCCCCCCCCCCCC. The minimum absolute atomic E-state index is 0.0723. The summed E-state index contributed by atoms with van der Waals surface area (Å²) in [5.74, 6) is -0.150. The first-order valence-electron chi connectivity index (χ1n) is 24.1. The Morgan fingerprint density at radius 2 is 0.964 bits per heavy atom. The van der Waals surface area contributed by atoms with Gasteiger partial charge in [0, 0.05) is 6.42 Å². The minimum atomic E-state index is -4.32. The number of aliphatic hydroxyl groups is 1. The van der Waals surface area contributed by atoms with Crippen LogP contribution in [-0.4, -0.2) is 73.4 Å². The summed E-state index contributed by atoms with van der Waals surface area (Å²) in [7, 11) is 1.61. The van der Waals surface area contributed by atoms with E-state index < -0.39 is 20.0 Å². The molecule has 3 N–H and O–H groups in total. The molecule has 1 amide bonds. The maximum Gasteiger partial charge on any atom is 0.472 e. The van der Waals surface area contributed by atoms with Gasteiger partial charge in [-0.3, -0.25) is 13.8 Å². The Bertz CT molecular complexity index is 927. The number of likely N-dealkylation sites (N-methyl/N-ethyl adjacent to an activating group) is 1. The second-order valence-corrected chi connectivity index (χ2v) is 19.3. The highest BCUT2D eigenvalue weighted by molar-refractivity contribution is 7.47. The molecule has 0 aromatic carbocycles. The van der Waals surface area contributed by atoms with E-state index in [0.29, 0.717) is 23.9 Å². The maximum absolute atomic E-state index is 12.9.